The lowest BCUT2D eigenvalue weighted by atomic mass is 10.0. The molecule has 2 aromatic carbocycles. The van der Waals surface area contributed by atoms with Crippen molar-refractivity contribution < 1.29 is 18.4 Å². The van der Waals surface area contributed by atoms with Crippen molar-refractivity contribution in [3.05, 3.63) is 86.6 Å². The average Bonchev–Trinajstić information content (AvgIpc) is 3.39. The summed E-state index contributed by atoms with van der Waals surface area (Å²) in [7, 11) is -4.04. The molecule has 1 N–H and O–H groups in total. The van der Waals surface area contributed by atoms with Crippen LogP contribution in [0.25, 0.3) is 0 Å². The zero-order valence-electron chi connectivity index (χ0n) is 14.9. The molecule has 0 spiro atoms. The topological polar surface area (TPSA) is 113 Å². The summed E-state index contributed by atoms with van der Waals surface area (Å²) in [4.78, 5) is 11.5. The van der Waals surface area contributed by atoms with Crippen LogP contribution in [-0.4, -0.2) is 28.6 Å². The first-order valence-electron chi connectivity index (χ1n) is 8.56. The summed E-state index contributed by atoms with van der Waals surface area (Å²) in [6, 6.07) is 14.1. The number of aromatic hydroxyl groups is 1. The molecule has 2 heterocycles. The molecule has 8 nitrogen and oxygen atoms in total. The molecule has 29 heavy (non-hydrogen) atoms. The first kappa shape index (κ1) is 19.1. The molecule has 1 unspecified atom stereocenters. The first-order chi connectivity index (χ1) is 13.9. The van der Waals surface area contributed by atoms with E-state index in [0.717, 1.165) is 9.29 Å². The number of rotatable bonds is 5. The Morgan fingerprint density at radius 3 is 2.55 bits per heavy atom. The molecule has 0 aliphatic carbocycles. The molecule has 0 fully saturated rings. The molecule has 0 saturated carbocycles. The van der Waals surface area contributed by atoms with Crippen LogP contribution >= 0.6 is 11.3 Å². The van der Waals surface area contributed by atoms with Gasteiger partial charge in [-0.25, -0.2) is 0 Å². The largest absolute Gasteiger partial charge is 0.508 e. The maximum atomic E-state index is 13.3. The van der Waals surface area contributed by atoms with Crippen LogP contribution in [0.2, 0.25) is 0 Å². The lowest BCUT2D eigenvalue weighted by Crippen LogP contribution is -2.27. The van der Waals surface area contributed by atoms with Crippen molar-refractivity contribution in [3.8, 4) is 5.75 Å². The van der Waals surface area contributed by atoms with Crippen LogP contribution in [-0.2, 0) is 10.0 Å². The highest BCUT2D eigenvalue weighted by Gasteiger charge is 2.39. The number of phenols is 1. The summed E-state index contributed by atoms with van der Waals surface area (Å²) in [5.41, 5.74) is 0.434. The van der Waals surface area contributed by atoms with E-state index in [1.54, 1.807) is 18.2 Å². The fourth-order valence-corrected chi connectivity index (χ4v) is 5.32. The summed E-state index contributed by atoms with van der Waals surface area (Å²) in [6.07, 6.45) is 0.182. The van der Waals surface area contributed by atoms with E-state index < -0.39 is 21.0 Å². The monoisotopic (exact) mass is 429 g/mol. The maximum absolute atomic E-state index is 13.3. The number of nitrogens with zero attached hydrogens (tertiary/aromatic N) is 3. The van der Waals surface area contributed by atoms with Crippen molar-refractivity contribution in [2.75, 3.05) is 0 Å². The number of benzene rings is 2. The van der Waals surface area contributed by atoms with Gasteiger partial charge in [0.1, 0.15) is 5.75 Å². The Labute approximate surface area is 170 Å². The molecule has 0 radical (unpaired) electrons. The molecule has 0 bridgehead atoms. The minimum atomic E-state index is -4.04. The zero-order valence-corrected chi connectivity index (χ0v) is 16.5. The van der Waals surface area contributed by atoms with Crippen LogP contribution in [0.1, 0.15) is 22.9 Å². The highest BCUT2D eigenvalue weighted by atomic mass is 32.2. The van der Waals surface area contributed by atoms with Gasteiger partial charge in [-0.05, 0) is 29.6 Å². The van der Waals surface area contributed by atoms with Crippen molar-refractivity contribution in [2.45, 2.75) is 17.4 Å². The normalized spacial score (nSPS) is 16.6. The number of non-ortho nitro benzene ring substituents is 1. The van der Waals surface area contributed by atoms with Crippen LogP contribution in [0.4, 0.5) is 5.69 Å². The molecule has 1 aromatic heterocycles. The minimum absolute atomic E-state index is 0.0473. The highest BCUT2D eigenvalue weighted by molar-refractivity contribution is 7.89. The number of hydrogen-bond acceptors (Lipinski definition) is 7. The second-order valence-electron chi connectivity index (χ2n) is 6.33. The summed E-state index contributed by atoms with van der Waals surface area (Å²) < 4.78 is 27.5. The Morgan fingerprint density at radius 2 is 1.90 bits per heavy atom. The Kier molecular flexibility index (Phi) is 4.81. The number of nitro groups is 1. The van der Waals surface area contributed by atoms with Crippen LogP contribution in [0.3, 0.4) is 0 Å². The standard InChI is InChI=1S/C19H15N3O5S2/c23-18-9-8-13(22(24)25)11-15(18)17-12-16(19-7-4-10-28-19)20-21(17)29(26,27)14-5-2-1-3-6-14/h1-11,17,23H,12H2. The van der Waals surface area contributed by atoms with Crippen LogP contribution in [0.15, 0.2) is 76.0 Å². The third kappa shape index (κ3) is 3.47. The number of hydrogen-bond donors (Lipinski definition) is 1. The van der Waals surface area contributed by atoms with Crippen molar-refractivity contribution in [3.63, 3.8) is 0 Å². The van der Waals surface area contributed by atoms with E-state index in [4.69, 9.17) is 0 Å². The molecule has 0 amide bonds. The van der Waals surface area contributed by atoms with E-state index in [9.17, 15) is 23.6 Å². The van der Waals surface area contributed by atoms with E-state index in [0.29, 0.717) is 5.71 Å². The van der Waals surface area contributed by atoms with E-state index >= 15 is 0 Å². The fraction of sp³-hybridized carbons (Fsp3) is 0.105. The summed E-state index contributed by atoms with van der Waals surface area (Å²) >= 11 is 1.42. The van der Waals surface area contributed by atoms with E-state index in [2.05, 4.69) is 5.10 Å². The second-order valence-corrected chi connectivity index (χ2v) is 9.08. The van der Waals surface area contributed by atoms with Gasteiger partial charge in [-0.1, -0.05) is 24.3 Å². The number of thiophene rings is 1. The van der Waals surface area contributed by atoms with Gasteiger partial charge in [0, 0.05) is 24.1 Å². The Hall–Kier alpha value is -3.24. The van der Waals surface area contributed by atoms with Crippen LogP contribution in [0, 0.1) is 10.1 Å². The van der Waals surface area contributed by atoms with Crippen LogP contribution in [0.5, 0.6) is 5.75 Å². The van der Waals surface area contributed by atoms with Gasteiger partial charge >= 0.3 is 0 Å². The second kappa shape index (κ2) is 7.30. The predicted octanol–water partition coefficient (Wildman–Crippen LogP) is 3.90. The van der Waals surface area contributed by atoms with Crippen molar-refractivity contribution in [1.29, 1.82) is 0 Å². The van der Waals surface area contributed by atoms with Crippen LogP contribution < -0.4 is 0 Å². The van der Waals surface area contributed by atoms with E-state index in [-0.39, 0.29) is 28.3 Å². The quantitative estimate of drug-likeness (QED) is 0.488. The molecule has 10 heteroatoms. The number of hydrazone groups is 1. The minimum Gasteiger partial charge on any atom is -0.508 e. The smallest absolute Gasteiger partial charge is 0.279 e. The number of sulfonamides is 1. The average molecular weight is 429 g/mol. The molecule has 0 saturated heterocycles. The maximum Gasteiger partial charge on any atom is 0.279 e. The van der Waals surface area contributed by atoms with Gasteiger partial charge in [-0.2, -0.15) is 17.9 Å². The fourth-order valence-electron chi connectivity index (χ4n) is 3.16. The van der Waals surface area contributed by atoms with Gasteiger partial charge in [-0.15, -0.1) is 11.3 Å². The third-order valence-corrected chi connectivity index (χ3v) is 7.16. The molecular formula is C19H15N3O5S2. The summed E-state index contributed by atoms with van der Waals surface area (Å²) in [5.74, 6) is -0.225. The molecule has 1 aliphatic heterocycles. The Morgan fingerprint density at radius 1 is 1.14 bits per heavy atom. The molecule has 4 rings (SSSR count). The lowest BCUT2D eigenvalue weighted by Gasteiger charge is -2.23. The number of phenolic OH excluding ortho intramolecular Hbond substituents is 1. The summed E-state index contributed by atoms with van der Waals surface area (Å²) in [5, 5.41) is 27.7. The number of nitro benzene ring substituents is 1. The molecule has 1 atom stereocenters. The van der Waals surface area contributed by atoms with Crippen molar-refractivity contribution in [2.24, 2.45) is 5.10 Å². The molecule has 1 aliphatic rings. The van der Waals surface area contributed by atoms with Crippen molar-refractivity contribution in [1.82, 2.24) is 4.41 Å². The lowest BCUT2D eigenvalue weighted by molar-refractivity contribution is -0.385. The highest BCUT2D eigenvalue weighted by Crippen LogP contribution is 2.41. The SMILES string of the molecule is O=[N+]([O-])c1ccc(O)c(C2CC(c3cccs3)=NN2S(=O)(=O)c2ccccc2)c1. The van der Waals surface area contributed by atoms with Gasteiger partial charge in [0.25, 0.3) is 15.7 Å². The zero-order chi connectivity index (χ0) is 20.6. The predicted molar refractivity (Wildman–Crippen MR) is 108 cm³/mol. The third-order valence-electron chi connectivity index (χ3n) is 4.55. The van der Waals surface area contributed by atoms with Gasteiger partial charge in [0.2, 0.25) is 0 Å². The first-order valence-corrected chi connectivity index (χ1v) is 10.9. The Bertz CT molecular complexity index is 1190. The van der Waals surface area contributed by atoms with Crippen molar-refractivity contribution >= 4 is 32.8 Å². The molecule has 3 aromatic rings. The molecule has 148 valence electrons. The van der Waals surface area contributed by atoms with Gasteiger partial charge in [0.15, 0.2) is 0 Å². The van der Waals surface area contributed by atoms with Gasteiger partial charge < -0.3 is 5.11 Å². The summed E-state index contributed by atoms with van der Waals surface area (Å²) in [6.45, 7) is 0. The van der Waals surface area contributed by atoms with Gasteiger partial charge in [-0.3, -0.25) is 10.1 Å². The Balaban J connectivity index is 1.85. The van der Waals surface area contributed by atoms with E-state index in [1.807, 2.05) is 17.5 Å². The van der Waals surface area contributed by atoms with E-state index in [1.165, 1.54) is 41.7 Å². The van der Waals surface area contributed by atoms with Gasteiger partial charge in [0.05, 0.1) is 26.4 Å². The molecular weight excluding hydrogens is 414 g/mol.